The largest absolute Gasteiger partial charge is 0.495 e. The fourth-order valence-corrected chi connectivity index (χ4v) is 3.02. The molecular formula is C17H20N2O. The molecule has 1 aromatic carbocycles. The third-order valence-electron chi connectivity index (χ3n) is 4.04. The lowest BCUT2D eigenvalue weighted by Crippen LogP contribution is -2.20. The minimum absolute atomic E-state index is 0.0667. The van der Waals surface area contributed by atoms with Gasteiger partial charge in [0.05, 0.1) is 13.2 Å². The van der Waals surface area contributed by atoms with Crippen molar-refractivity contribution in [2.45, 2.75) is 25.3 Å². The normalized spacial score (nSPS) is 14.9. The second-order valence-electron chi connectivity index (χ2n) is 5.19. The Morgan fingerprint density at radius 1 is 1.20 bits per heavy atom. The second-order valence-corrected chi connectivity index (χ2v) is 5.19. The topological polar surface area (TPSA) is 34.2 Å². The molecule has 3 rings (SSSR count). The molecule has 1 aliphatic rings. The summed E-state index contributed by atoms with van der Waals surface area (Å²) < 4.78 is 5.44. The van der Waals surface area contributed by atoms with Crippen LogP contribution in [-0.2, 0) is 12.8 Å². The first-order valence-corrected chi connectivity index (χ1v) is 7.11. The van der Waals surface area contributed by atoms with E-state index >= 15 is 0 Å². The van der Waals surface area contributed by atoms with Gasteiger partial charge >= 0.3 is 0 Å². The maximum absolute atomic E-state index is 5.44. The van der Waals surface area contributed by atoms with Gasteiger partial charge in [-0.3, -0.25) is 4.98 Å². The molecule has 3 heteroatoms. The zero-order valence-electron chi connectivity index (χ0n) is 12.0. The Morgan fingerprint density at radius 3 is 2.85 bits per heavy atom. The van der Waals surface area contributed by atoms with Gasteiger partial charge in [-0.1, -0.05) is 18.2 Å². The summed E-state index contributed by atoms with van der Waals surface area (Å²) in [6, 6.07) is 10.7. The molecule has 0 aliphatic heterocycles. The highest BCUT2D eigenvalue weighted by molar-refractivity contribution is 5.41. The monoisotopic (exact) mass is 268 g/mol. The van der Waals surface area contributed by atoms with E-state index in [1.165, 1.54) is 36.0 Å². The fraction of sp³-hybridized carbons (Fsp3) is 0.353. The van der Waals surface area contributed by atoms with E-state index < -0.39 is 0 Å². The van der Waals surface area contributed by atoms with Gasteiger partial charge in [-0.15, -0.1) is 0 Å². The number of aryl methyl sites for hydroxylation is 2. The third kappa shape index (κ3) is 2.29. The molecule has 20 heavy (non-hydrogen) atoms. The molecule has 1 atom stereocenters. The lowest BCUT2D eigenvalue weighted by atomic mass is 9.98. The Morgan fingerprint density at radius 2 is 2.05 bits per heavy atom. The first-order chi connectivity index (χ1) is 9.83. The molecule has 0 fully saturated rings. The molecule has 104 valence electrons. The third-order valence-corrected chi connectivity index (χ3v) is 4.04. The minimum atomic E-state index is 0.0667. The number of pyridine rings is 1. The van der Waals surface area contributed by atoms with E-state index in [0.717, 1.165) is 11.4 Å². The van der Waals surface area contributed by atoms with Crippen LogP contribution in [0.3, 0.4) is 0 Å². The van der Waals surface area contributed by atoms with Crippen molar-refractivity contribution in [2.24, 2.45) is 0 Å². The van der Waals surface area contributed by atoms with Crippen LogP contribution in [0.15, 0.2) is 36.5 Å². The van der Waals surface area contributed by atoms with E-state index in [1.807, 2.05) is 25.4 Å². The van der Waals surface area contributed by atoms with Crippen LogP contribution in [0.25, 0.3) is 0 Å². The van der Waals surface area contributed by atoms with Crippen molar-refractivity contribution >= 4 is 0 Å². The average molecular weight is 268 g/mol. The molecule has 2 aromatic rings. The zero-order valence-corrected chi connectivity index (χ0v) is 12.0. The predicted octanol–water partition coefficient (Wildman–Crippen LogP) is 2.89. The number of hydrogen-bond acceptors (Lipinski definition) is 3. The van der Waals surface area contributed by atoms with E-state index in [0.29, 0.717) is 0 Å². The van der Waals surface area contributed by atoms with Crippen LogP contribution in [0.4, 0.5) is 0 Å². The number of rotatable bonds is 4. The highest BCUT2D eigenvalue weighted by atomic mass is 16.5. The van der Waals surface area contributed by atoms with Gasteiger partial charge in [-0.05, 0) is 55.1 Å². The molecule has 1 heterocycles. The number of nitrogens with zero attached hydrogens (tertiary/aromatic N) is 1. The Bertz CT molecular complexity index is 610. The van der Waals surface area contributed by atoms with E-state index in [1.54, 1.807) is 7.11 Å². The summed E-state index contributed by atoms with van der Waals surface area (Å²) in [7, 11) is 3.65. The van der Waals surface area contributed by atoms with Gasteiger partial charge in [0, 0.05) is 6.20 Å². The molecule has 0 radical (unpaired) electrons. The molecule has 0 bridgehead atoms. The van der Waals surface area contributed by atoms with Crippen LogP contribution in [0.1, 0.15) is 34.8 Å². The molecule has 1 N–H and O–H groups in total. The molecule has 1 aromatic heterocycles. The van der Waals surface area contributed by atoms with E-state index in [-0.39, 0.29) is 6.04 Å². The van der Waals surface area contributed by atoms with Crippen LogP contribution >= 0.6 is 0 Å². The fourth-order valence-electron chi connectivity index (χ4n) is 3.02. The van der Waals surface area contributed by atoms with Gasteiger partial charge in [0.2, 0.25) is 0 Å². The number of nitrogens with one attached hydrogen (secondary N) is 1. The number of hydrogen-bond donors (Lipinski definition) is 1. The summed E-state index contributed by atoms with van der Waals surface area (Å²) in [4.78, 5) is 4.50. The van der Waals surface area contributed by atoms with E-state index in [4.69, 9.17) is 4.74 Å². The summed E-state index contributed by atoms with van der Waals surface area (Å²) in [6.07, 6.45) is 5.50. The lowest BCUT2D eigenvalue weighted by molar-refractivity contribution is 0.401. The van der Waals surface area contributed by atoms with Crippen LogP contribution < -0.4 is 10.1 Å². The molecule has 0 amide bonds. The van der Waals surface area contributed by atoms with Crippen LogP contribution in [-0.4, -0.2) is 19.1 Å². The molecule has 1 aliphatic carbocycles. The Balaban J connectivity index is 2.01. The molecule has 0 spiro atoms. The van der Waals surface area contributed by atoms with E-state index in [2.05, 4.69) is 28.5 Å². The minimum Gasteiger partial charge on any atom is -0.495 e. The van der Waals surface area contributed by atoms with Crippen molar-refractivity contribution in [3.05, 3.63) is 58.9 Å². The Labute approximate surface area is 120 Å². The van der Waals surface area contributed by atoms with Gasteiger partial charge in [0.1, 0.15) is 11.4 Å². The maximum atomic E-state index is 5.44. The van der Waals surface area contributed by atoms with Gasteiger partial charge in [0.15, 0.2) is 0 Å². The van der Waals surface area contributed by atoms with E-state index in [9.17, 15) is 0 Å². The quantitative estimate of drug-likeness (QED) is 0.926. The van der Waals surface area contributed by atoms with Crippen molar-refractivity contribution in [1.82, 2.24) is 10.3 Å². The second kappa shape index (κ2) is 5.63. The lowest BCUT2D eigenvalue weighted by Gasteiger charge is -2.19. The molecule has 3 nitrogen and oxygen atoms in total. The summed E-state index contributed by atoms with van der Waals surface area (Å²) in [5, 5.41) is 3.36. The maximum Gasteiger partial charge on any atom is 0.142 e. The highest BCUT2D eigenvalue weighted by Gasteiger charge is 2.20. The Hall–Kier alpha value is -1.87. The van der Waals surface area contributed by atoms with Crippen molar-refractivity contribution < 1.29 is 4.74 Å². The van der Waals surface area contributed by atoms with Crippen molar-refractivity contribution in [1.29, 1.82) is 0 Å². The number of aromatic nitrogens is 1. The molecule has 0 saturated heterocycles. The Kier molecular flexibility index (Phi) is 3.70. The first-order valence-electron chi connectivity index (χ1n) is 7.11. The number of fused-ring (bicyclic) bond motifs is 1. The summed E-state index contributed by atoms with van der Waals surface area (Å²) in [5.74, 6) is 0.826. The van der Waals surface area contributed by atoms with Gasteiger partial charge in [0.25, 0.3) is 0 Å². The van der Waals surface area contributed by atoms with Crippen LogP contribution in [0, 0.1) is 0 Å². The summed E-state index contributed by atoms with van der Waals surface area (Å²) >= 11 is 0. The van der Waals surface area contributed by atoms with Gasteiger partial charge in [-0.2, -0.15) is 0 Å². The van der Waals surface area contributed by atoms with Gasteiger partial charge in [-0.25, -0.2) is 0 Å². The number of methoxy groups -OCH3 is 1. The van der Waals surface area contributed by atoms with Gasteiger partial charge < -0.3 is 10.1 Å². The number of ether oxygens (including phenoxy) is 1. The highest BCUT2D eigenvalue weighted by Crippen LogP contribution is 2.31. The van der Waals surface area contributed by atoms with Crippen molar-refractivity contribution in [3.63, 3.8) is 0 Å². The molecule has 1 unspecified atom stereocenters. The first kappa shape index (κ1) is 13.1. The van der Waals surface area contributed by atoms with Crippen molar-refractivity contribution in [2.75, 3.05) is 14.2 Å². The molecular weight excluding hydrogens is 248 g/mol. The average Bonchev–Trinajstić information content (AvgIpc) is 2.96. The van der Waals surface area contributed by atoms with Crippen molar-refractivity contribution in [3.8, 4) is 5.75 Å². The van der Waals surface area contributed by atoms with Crippen LogP contribution in [0.5, 0.6) is 5.75 Å². The summed E-state index contributed by atoms with van der Waals surface area (Å²) in [6.45, 7) is 0. The molecule has 0 saturated carbocycles. The smallest absolute Gasteiger partial charge is 0.142 e. The summed E-state index contributed by atoms with van der Waals surface area (Å²) in [5.41, 5.74) is 5.18. The zero-order chi connectivity index (χ0) is 13.9. The van der Waals surface area contributed by atoms with Crippen LogP contribution in [0.2, 0.25) is 0 Å². The number of benzene rings is 1. The standard InChI is InChI=1S/C17H20N2O/c1-18-16(17-15(20-2)7-4-10-19-17)14-9-8-12-5-3-6-13(12)11-14/h4,7-11,16,18H,3,5-6H2,1-2H3. The predicted molar refractivity (Wildman–Crippen MR) is 80.2 cm³/mol. The SMILES string of the molecule is CNC(c1ccc2c(c1)CCC2)c1ncccc1OC.